The number of carbonyl (C=O) groups excluding carboxylic acids is 1. The number of carbonyl (C=O) groups is 1. The van der Waals surface area contributed by atoms with Gasteiger partial charge in [0.2, 0.25) is 0 Å². The van der Waals surface area contributed by atoms with Gasteiger partial charge < -0.3 is 15.7 Å². The average Bonchev–Trinajstić information content (AvgIpc) is 2.50. The Hall–Kier alpha value is -0.910. The standard InChI is InChI=1S/C16H23ClN2O2S/c1-22-15(11-3-2-4-12(17)9-11)10-18-16(21)19-13-5-7-14(20)8-6-13/h2-4,9,13-15,20H,5-8,10H2,1H3,(H2,18,19,21). The number of amides is 2. The second kappa shape index (κ2) is 8.65. The van der Waals surface area contributed by atoms with Gasteiger partial charge in [-0.2, -0.15) is 11.8 Å². The van der Waals surface area contributed by atoms with Crippen LogP contribution in [0.15, 0.2) is 24.3 Å². The molecule has 3 N–H and O–H groups in total. The number of urea groups is 1. The minimum Gasteiger partial charge on any atom is -0.393 e. The summed E-state index contributed by atoms with van der Waals surface area (Å²) in [7, 11) is 0. The first-order valence-corrected chi connectivity index (χ1v) is 9.25. The third-order valence-electron chi connectivity index (χ3n) is 3.98. The molecule has 1 aromatic carbocycles. The van der Waals surface area contributed by atoms with E-state index in [1.807, 2.05) is 30.5 Å². The van der Waals surface area contributed by atoms with Crippen LogP contribution in [0.5, 0.6) is 0 Å². The number of thioether (sulfide) groups is 1. The summed E-state index contributed by atoms with van der Waals surface area (Å²) in [4.78, 5) is 12.0. The SMILES string of the molecule is CSC(CNC(=O)NC1CCC(O)CC1)c1cccc(Cl)c1. The molecule has 0 spiro atoms. The van der Waals surface area contributed by atoms with Gasteiger partial charge in [-0.3, -0.25) is 0 Å². The lowest BCUT2D eigenvalue weighted by Gasteiger charge is -2.26. The topological polar surface area (TPSA) is 61.4 Å². The zero-order valence-electron chi connectivity index (χ0n) is 12.7. The van der Waals surface area contributed by atoms with Gasteiger partial charge in [0, 0.05) is 22.9 Å². The van der Waals surface area contributed by atoms with Crippen molar-refractivity contribution in [2.45, 2.75) is 43.1 Å². The summed E-state index contributed by atoms with van der Waals surface area (Å²) in [5, 5.41) is 16.3. The summed E-state index contributed by atoms with van der Waals surface area (Å²) >= 11 is 7.71. The van der Waals surface area contributed by atoms with Crippen LogP contribution in [0, 0.1) is 0 Å². The van der Waals surface area contributed by atoms with Crippen LogP contribution in [-0.4, -0.2) is 36.1 Å². The Bertz CT molecular complexity index is 493. The Balaban J connectivity index is 1.79. The van der Waals surface area contributed by atoms with Gasteiger partial charge in [0.05, 0.1) is 6.10 Å². The minimum atomic E-state index is -0.204. The van der Waals surface area contributed by atoms with Crippen molar-refractivity contribution >= 4 is 29.4 Å². The number of hydrogen-bond acceptors (Lipinski definition) is 3. The van der Waals surface area contributed by atoms with Crippen molar-refractivity contribution in [2.75, 3.05) is 12.8 Å². The summed E-state index contributed by atoms with van der Waals surface area (Å²) in [5.74, 6) is 0. The highest BCUT2D eigenvalue weighted by Crippen LogP contribution is 2.27. The number of halogens is 1. The fourth-order valence-electron chi connectivity index (χ4n) is 2.69. The Labute approximate surface area is 141 Å². The maximum absolute atomic E-state index is 12.0. The van der Waals surface area contributed by atoms with Crippen molar-refractivity contribution in [3.05, 3.63) is 34.9 Å². The molecule has 1 atom stereocenters. The normalized spacial score (nSPS) is 22.9. The predicted octanol–water partition coefficient (Wildman–Crippen LogP) is 3.35. The van der Waals surface area contributed by atoms with E-state index in [0.29, 0.717) is 11.6 Å². The second-order valence-corrected chi connectivity index (χ2v) is 7.12. The van der Waals surface area contributed by atoms with Crippen LogP contribution < -0.4 is 10.6 Å². The third kappa shape index (κ3) is 5.38. The van der Waals surface area contributed by atoms with Crippen molar-refractivity contribution in [1.29, 1.82) is 0 Å². The highest BCUT2D eigenvalue weighted by Gasteiger charge is 2.21. The van der Waals surface area contributed by atoms with E-state index in [-0.39, 0.29) is 23.4 Å². The molecular weight excluding hydrogens is 320 g/mol. The van der Waals surface area contributed by atoms with Crippen LogP contribution >= 0.6 is 23.4 Å². The summed E-state index contributed by atoms with van der Waals surface area (Å²) in [6, 6.07) is 7.76. The fraction of sp³-hybridized carbons (Fsp3) is 0.562. The fourth-order valence-corrected chi connectivity index (χ4v) is 3.55. The minimum absolute atomic E-state index is 0.137. The predicted molar refractivity (Wildman–Crippen MR) is 92.5 cm³/mol. The molecule has 2 amide bonds. The second-order valence-electron chi connectivity index (χ2n) is 5.64. The largest absolute Gasteiger partial charge is 0.393 e. The van der Waals surface area contributed by atoms with Crippen LogP contribution in [0.1, 0.15) is 36.5 Å². The molecule has 2 rings (SSSR count). The molecule has 1 aliphatic rings. The smallest absolute Gasteiger partial charge is 0.315 e. The molecule has 1 aromatic rings. The lowest BCUT2D eigenvalue weighted by atomic mass is 9.93. The number of aliphatic hydroxyl groups excluding tert-OH is 1. The van der Waals surface area contributed by atoms with Crippen LogP contribution in [0.3, 0.4) is 0 Å². The number of benzene rings is 1. The summed E-state index contributed by atoms with van der Waals surface area (Å²) in [5.41, 5.74) is 1.11. The molecule has 0 saturated heterocycles. The first-order valence-electron chi connectivity index (χ1n) is 7.59. The molecule has 0 aliphatic heterocycles. The molecular formula is C16H23ClN2O2S. The molecule has 0 heterocycles. The van der Waals surface area contributed by atoms with Crippen molar-refractivity contribution in [3.63, 3.8) is 0 Å². The summed E-state index contributed by atoms with van der Waals surface area (Å²) in [6.45, 7) is 0.558. The van der Waals surface area contributed by atoms with E-state index in [1.54, 1.807) is 11.8 Å². The molecule has 4 nitrogen and oxygen atoms in total. The van der Waals surface area contributed by atoms with Gasteiger partial charge in [-0.25, -0.2) is 4.79 Å². The Kier molecular flexibility index (Phi) is 6.86. The van der Waals surface area contributed by atoms with Gasteiger partial charge in [0.1, 0.15) is 0 Å². The van der Waals surface area contributed by atoms with Crippen LogP contribution in [-0.2, 0) is 0 Å². The molecule has 0 radical (unpaired) electrons. The number of aliphatic hydroxyl groups is 1. The lowest BCUT2D eigenvalue weighted by molar-refractivity contribution is 0.117. The van der Waals surface area contributed by atoms with Gasteiger partial charge in [0.15, 0.2) is 0 Å². The van der Waals surface area contributed by atoms with E-state index in [4.69, 9.17) is 11.6 Å². The van der Waals surface area contributed by atoms with Crippen molar-refractivity contribution in [3.8, 4) is 0 Å². The molecule has 0 aromatic heterocycles. The molecule has 22 heavy (non-hydrogen) atoms. The zero-order chi connectivity index (χ0) is 15.9. The summed E-state index contributed by atoms with van der Waals surface area (Å²) < 4.78 is 0. The Morgan fingerprint density at radius 1 is 1.41 bits per heavy atom. The van der Waals surface area contributed by atoms with E-state index in [1.165, 1.54) is 0 Å². The van der Waals surface area contributed by atoms with E-state index in [9.17, 15) is 9.90 Å². The van der Waals surface area contributed by atoms with E-state index in [0.717, 1.165) is 31.2 Å². The lowest BCUT2D eigenvalue weighted by Crippen LogP contribution is -2.45. The molecule has 1 fully saturated rings. The molecule has 6 heteroatoms. The van der Waals surface area contributed by atoms with E-state index < -0.39 is 0 Å². The number of rotatable bonds is 5. The van der Waals surface area contributed by atoms with E-state index in [2.05, 4.69) is 10.6 Å². The van der Waals surface area contributed by atoms with Crippen molar-refractivity contribution < 1.29 is 9.90 Å². The van der Waals surface area contributed by atoms with Gasteiger partial charge >= 0.3 is 6.03 Å². The first kappa shape index (κ1) is 17.4. The maximum atomic E-state index is 12.0. The van der Waals surface area contributed by atoms with Crippen molar-refractivity contribution in [1.82, 2.24) is 10.6 Å². The van der Waals surface area contributed by atoms with E-state index >= 15 is 0 Å². The zero-order valence-corrected chi connectivity index (χ0v) is 14.3. The van der Waals surface area contributed by atoms with Gasteiger partial charge in [-0.1, -0.05) is 23.7 Å². The highest BCUT2D eigenvalue weighted by molar-refractivity contribution is 7.98. The number of nitrogens with one attached hydrogen (secondary N) is 2. The molecule has 0 bridgehead atoms. The highest BCUT2D eigenvalue weighted by atomic mass is 35.5. The van der Waals surface area contributed by atoms with Gasteiger partial charge in [-0.05, 0) is 49.6 Å². The molecule has 1 unspecified atom stereocenters. The van der Waals surface area contributed by atoms with Crippen LogP contribution in [0.4, 0.5) is 4.79 Å². The quantitative estimate of drug-likeness (QED) is 0.769. The van der Waals surface area contributed by atoms with Crippen molar-refractivity contribution in [2.24, 2.45) is 0 Å². The Morgan fingerprint density at radius 2 is 2.14 bits per heavy atom. The number of hydrogen-bond donors (Lipinski definition) is 3. The summed E-state index contributed by atoms with van der Waals surface area (Å²) in [6.07, 6.45) is 5.03. The maximum Gasteiger partial charge on any atom is 0.315 e. The first-order chi connectivity index (χ1) is 10.6. The van der Waals surface area contributed by atoms with Gasteiger partial charge in [-0.15, -0.1) is 0 Å². The van der Waals surface area contributed by atoms with Crippen LogP contribution in [0.2, 0.25) is 5.02 Å². The monoisotopic (exact) mass is 342 g/mol. The van der Waals surface area contributed by atoms with Gasteiger partial charge in [0.25, 0.3) is 0 Å². The molecule has 122 valence electrons. The molecule has 1 saturated carbocycles. The Morgan fingerprint density at radius 3 is 2.77 bits per heavy atom. The van der Waals surface area contributed by atoms with Crippen LogP contribution in [0.25, 0.3) is 0 Å². The third-order valence-corrected chi connectivity index (χ3v) is 5.23. The molecule has 1 aliphatic carbocycles. The average molecular weight is 343 g/mol.